The zero-order valence-corrected chi connectivity index (χ0v) is 11.1. The van der Waals surface area contributed by atoms with E-state index in [1.165, 1.54) is 17.7 Å². The van der Waals surface area contributed by atoms with E-state index in [0.717, 1.165) is 24.2 Å². The first-order chi connectivity index (χ1) is 9.06. The van der Waals surface area contributed by atoms with E-state index in [9.17, 15) is 9.59 Å². The lowest BCUT2D eigenvalue weighted by atomic mass is 10.1. The minimum Gasteiger partial charge on any atom is -0.320 e. The summed E-state index contributed by atoms with van der Waals surface area (Å²) in [4.78, 5) is 25.6. The van der Waals surface area contributed by atoms with Gasteiger partial charge in [-0.05, 0) is 37.2 Å². The van der Waals surface area contributed by atoms with Crippen LogP contribution in [0.25, 0.3) is 0 Å². The average Bonchev–Trinajstić information content (AvgIpc) is 3.20. The molecule has 1 amide bonds. The molecule has 0 radical (unpaired) electrons. The van der Waals surface area contributed by atoms with Crippen molar-refractivity contribution < 1.29 is 4.79 Å². The van der Waals surface area contributed by atoms with Crippen molar-refractivity contribution in [3.63, 3.8) is 0 Å². The number of amides is 1. The van der Waals surface area contributed by atoms with Gasteiger partial charge in [0.25, 0.3) is 5.56 Å². The number of anilines is 1. The van der Waals surface area contributed by atoms with Gasteiger partial charge in [-0.2, -0.15) is 0 Å². The monoisotopic (exact) mass is 261 g/mol. The number of pyridine rings is 1. The van der Waals surface area contributed by atoms with Gasteiger partial charge in [0, 0.05) is 25.9 Å². The van der Waals surface area contributed by atoms with Crippen molar-refractivity contribution >= 4 is 11.6 Å². The Morgan fingerprint density at radius 3 is 2.74 bits per heavy atom. The first-order valence-corrected chi connectivity index (χ1v) is 6.83. The topological polar surface area (TPSA) is 68.3 Å². The highest BCUT2D eigenvalue weighted by Gasteiger charge is 2.27. The molecule has 0 bridgehead atoms. The van der Waals surface area contributed by atoms with Crippen molar-refractivity contribution in [1.29, 1.82) is 0 Å². The van der Waals surface area contributed by atoms with Crippen LogP contribution >= 0.6 is 0 Å². The van der Waals surface area contributed by atoms with Crippen LogP contribution in [-0.2, 0) is 17.8 Å². The molecule has 5 heteroatoms. The molecular formula is C14H19N3O2. The molecule has 19 heavy (non-hydrogen) atoms. The summed E-state index contributed by atoms with van der Waals surface area (Å²) < 4.78 is 1.78. The van der Waals surface area contributed by atoms with Crippen LogP contribution in [0.5, 0.6) is 0 Å². The number of fused-ring (bicyclic) bond motifs is 1. The van der Waals surface area contributed by atoms with Crippen LogP contribution in [0.4, 0.5) is 5.69 Å². The quantitative estimate of drug-likeness (QED) is 0.842. The molecule has 1 aliphatic heterocycles. The molecule has 0 aromatic carbocycles. The summed E-state index contributed by atoms with van der Waals surface area (Å²) in [5.41, 5.74) is 7.57. The molecule has 1 fully saturated rings. The Bertz CT molecular complexity index is 575. The van der Waals surface area contributed by atoms with Gasteiger partial charge in [-0.25, -0.2) is 0 Å². The first-order valence-electron chi connectivity index (χ1n) is 6.83. The van der Waals surface area contributed by atoms with Crippen molar-refractivity contribution in [2.75, 3.05) is 11.9 Å². The molecule has 1 aromatic rings. The summed E-state index contributed by atoms with van der Waals surface area (Å²) in [6.07, 6.45) is 5.73. The Labute approximate surface area is 112 Å². The van der Waals surface area contributed by atoms with E-state index in [0.29, 0.717) is 12.3 Å². The lowest BCUT2D eigenvalue weighted by Crippen LogP contribution is -2.41. The van der Waals surface area contributed by atoms with E-state index in [1.54, 1.807) is 17.7 Å². The van der Waals surface area contributed by atoms with Crippen molar-refractivity contribution in [2.45, 2.75) is 38.3 Å². The SMILES string of the molecule is CN1C(=O)[C@H](N)CCc2cn(CC3CC3)c(=O)cc21. The summed E-state index contributed by atoms with van der Waals surface area (Å²) >= 11 is 0. The first kappa shape index (κ1) is 12.4. The van der Waals surface area contributed by atoms with Crippen molar-refractivity contribution in [2.24, 2.45) is 11.7 Å². The second-order valence-corrected chi connectivity index (χ2v) is 5.66. The zero-order chi connectivity index (χ0) is 13.6. The van der Waals surface area contributed by atoms with Gasteiger partial charge in [0.2, 0.25) is 5.91 Å². The minimum absolute atomic E-state index is 0.0271. The number of rotatable bonds is 2. The molecule has 1 atom stereocenters. The highest BCUT2D eigenvalue weighted by atomic mass is 16.2. The fourth-order valence-corrected chi connectivity index (χ4v) is 2.64. The molecule has 5 nitrogen and oxygen atoms in total. The number of aromatic nitrogens is 1. The summed E-state index contributed by atoms with van der Waals surface area (Å²) in [6, 6.07) is 1.11. The third-order valence-corrected chi connectivity index (χ3v) is 4.07. The maximum Gasteiger partial charge on any atom is 0.252 e. The van der Waals surface area contributed by atoms with Crippen molar-refractivity contribution in [3.05, 3.63) is 28.2 Å². The maximum atomic E-state index is 12.1. The lowest BCUT2D eigenvalue weighted by molar-refractivity contribution is -0.119. The van der Waals surface area contributed by atoms with Crippen LogP contribution in [0.2, 0.25) is 0 Å². The van der Waals surface area contributed by atoms with Gasteiger partial charge in [0.1, 0.15) is 0 Å². The molecule has 0 spiro atoms. The Kier molecular flexibility index (Phi) is 2.93. The molecule has 1 aliphatic carbocycles. The number of likely N-dealkylation sites (N-methyl/N-ethyl adjacent to an activating group) is 1. The van der Waals surface area contributed by atoms with Gasteiger partial charge < -0.3 is 15.2 Å². The van der Waals surface area contributed by atoms with Crippen LogP contribution in [0, 0.1) is 5.92 Å². The number of hydrogen-bond acceptors (Lipinski definition) is 3. The largest absolute Gasteiger partial charge is 0.320 e. The molecule has 0 unspecified atom stereocenters. The van der Waals surface area contributed by atoms with Crippen molar-refractivity contribution in [3.8, 4) is 0 Å². The molecule has 3 rings (SSSR count). The van der Waals surface area contributed by atoms with E-state index in [2.05, 4.69) is 0 Å². The molecule has 2 aliphatic rings. The standard InChI is InChI=1S/C14H19N3O2/c1-16-12-6-13(18)17(7-9-2-3-9)8-10(12)4-5-11(15)14(16)19/h6,8-9,11H,2-5,7,15H2,1H3/t11-/m1/s1. The Morgan fingerprint density at radius 2 is 2.05 bits per heavy atom. The number of hydrogen-bond donors (Lipinski definition) is 1. The zero-order valence-electron chi connectivity index (χ0n) is 11.1. The Balaban J connectivity index is 2.00. The van der Waals surface area contributed by atoms with E-state index in [1.807, 2.05) is 6.20 Å². The van der Waals surface area contributed by atoms with Crippen LogP contribution in [0.3, 0.4) is 0 Å². The predicted molar refractivity (Wildman–Crippen MR) is 73.1 cm³/mol. The Morgan fingerprint density at radius 1 is 1.32 bits per heavy atom. The van der Waals surface area contributed by atoms with Gasteiger partial charge in [0.05, 0.1) is 11.7 Å². The van der Waals surface area contributed by atoms with Gasteiger partial charge in [-0.3, -0.25) is 9.59 Å². The van der Waals surface area contributed by atoms with Crippen LogP contribution in [0.1, 0.15) is 24.8 Å². The van der Waals surface area contributed by atoms with Gasteiger partial charge in [0.15, 0.2) is 0 Å². The van der Waals surface area contributed by atoms with Gasteiger partial charge >= 0.3 is 0 Å². The fourth-order valence-electron chi connectivity index (χ4n) is 2.64. The maximum absolute atomic E-state index is 12.1. The summed E-state index contributed by atoms with van der Waals surface area (Å²) in [5, 5.41) is 0. The molecule has 1 aromatic heterocycles. The van der Waals surface area contributed by atoms with E-state index in [-0.39, 0.29) is 11.5 Å². The molecule has 2 N–H and O–H groups in total. The van der Waals surface area contributed by atoms with Crippen LogP contribution in [-0.4, -0.2) is 23.6 Å². The third-order valence-electron chi connectivity index (χ3n) is 4.07. The third kappa shape index (κ3) is 2.30. The molecular weight excluding hydrogens is 242 g/mol. The molecule has 1 saturated carbocycles. The summed E-state index contributed by atoms with van der Waals surface area (Å²) in [5.74, 6) is 0.543. The van der Waals surface area contributed by atoms with E-state index in [4.69, 9.17) is 5.73 Å². The fraction of sp³-hybridized carbons (Fsp3) is 0.571. The number of carbonyl (C=O) groups excluding carboxylic acids is 1. The van der Waals surface area contributed by atoms with E-state index >= 15 is 0 Å². The smallest absolute Gasteiger partial charge is 0.252 e. The molecule has 102 valence electrons. The summed E-state index contributed by atoms with van der Waals surface area (Å²) in [7, 11) is 1.69. The predicted octanol–water partition coefficient (Wildman–Crippen LogP) is 0.495. The van der Waals surface area contributed by atoms with Gasteiger partial charge in [-0.15, -0.1) is 0 Å². The normalized spacial score (nSPS) is 23.2. The molecule has 0 saturated heterocycles. The lowest BCUT2D eigenvalue weighted by Gasteiger charge is -2.19. The number of nitrogens with zero attached hydrogens (tertiary/aromatic N) is 2. The van der Waals surface area contributed by atoms with Crippen LogP contribution < -0.4 is 16.2 Å². The van der Waals surface area contributed by atoms with Crippen molar-refractivity contribution in [1.82, 2.24) is 4.57 Å². The highest BCUT2D eigenvalue weighted by molar-refractivity contribution is 5.97. The van der Waals surface area contributed by atoms with Gasteiger partial charge in [-0.1, -0.05) is 0 Å². The van der Waals surface area contributed by atoms with E-state index < -0.39 is 6.04 Å². The highest BCUT2D eigenvalue weighted by Crippen LogP contribution is 2.31. The average molecular weight is 261 g/mol. The molecule has 2 heterocycles. The van der Waals surface area contributed by atoms with Crippen LogP contribution in [0.15, 0.2) is 17.1 Å². The number of carbonyl (C=O) groups is 1. The Hall–Kier alpha value is -1.62. The second-order valence-electron chi connectivity index (χ2n) is 5.66. The number of aryl methyl sites for hydroxylation is 1. The second kappa shape index (κ2) is 4.49. The minimum atomic E-state index is -0.468. The summed E-state index contributed by atoms with van der Waals surface area (Å²) in [6.45, 7) is 0.801. The number of nitrogens with two attached hydrogens (primary N) is 1.